The number of aryl methyl sites for hydroxylation is 1. The summed E-state index contributed by atoms with van der Waals surface area (Å²) in [4.78, 5) is 10.1. The molecule has 0 N–H and O–H groups in total. The summed E-state index contributed by atoms with van der Waals surface area (Å²) in [5.74, 6) is 0. The molecule has 20 heavy (non-hydrogen) atoms. The van der Waals surface area contributed by atoms with Gasteiger partial charge in [-0.25, -0.2) is 0 Å². The first kappa shape index (κ1) is 16.2. The Morgan fingerprint density at radius 2 is 1.80 bits per heavy atom. The fraction of sp³-hybridized carbons (Fsp3) is 0.316. The molecule has 0 radical (unpaired) electrons. The fourth-order valence-electron chi connectivity index (χ4n) is 2.10. The van der Waals surface area contributed by atoms with Gasteiger partial charge in [0.25, 0.3) is 0 Å². The Labute approximate surface area is 122 Å². The molecule has 0 aromatic heterocycles. The van der Waals surface area contributed by atoms with Crippen LogP contribution < -0.4 is 0 Å². The lowest BCUT2D eigenvalue weighted by molar-refractivity contribution is -0.107. The molecule has 0 aliphatic rings. The first-order valence-corrected chi connectivity index (χ1v) is 7.34. The van der Waals surface area contributed by atoms with Crippen molar-refractivity contribution in [3.63, 3.8) is 0 Å². The molecule has 0 atom stereocenters. The van der Waals surface area contributed by atoms with Gasteiger partial charge >= 0.3 is 0 Å². The molecule has 1 nitrogen and oxygen atoms in total. The maximum absolute atomic E-state index is 10.1. The SMILES string of the molecule is C=Cc1ccccc1CCCCC/C=C\C=C/CC=O. The fourth-order valence-corrected chi connectivity index (χ4v) is 2.10. The van der Waals surface area contributed by atoms with Crippen molar-refractivity contribution in [2.75, 3.05) is 0 Å². The Balaban J connectivity index is 2.13. The number of carbonyl (C=O) groups is 1. The highest BCUT2D eigenvalue weighted by molar-refractivity contribution is 5.52. The number of rotatable bonds is 10. The van der Waals surface area contributed by atoms with Gasteiger partial charge in [0.05, 0.1) is 0 Å². The van der Waals surface area contributed by atoms with Crippen LogP contribution in [0.5, 0.6) is 0 Å². The zero-order valence-corrected chi connectivity index (χ0v) is 12.1. The lowest BCUT2D eigenvalue weighted by atomic mass is 10.0. The molecule has 0 heterocycles. The second-order valence-electron chi connectivity index (χ2n) is 4.76. The van der Waals surface area contributed by atoms with E-state index in [-0.39, 0.29) is 0 Å². The van der Waals surface area contributed by atoms with Crippen LogP contribution >= 0.6 is 0 Å². The minimum absolute atomic E-state index is 0.507. The van der Waals surface area contributed by atoms with Gasteiger partial charge in [0.15, 0.2) is 0 Å². The van der Waals surface area contributed by atoms with Gasteiger partial charge in [-0.1, -0.05) is 67.6 Å². The van der Waals surface area contributed by atoms with Crippen molar-refractivity contribution < 1.29 is 4.79 Å². The molecule has 0 bridgehead atoms. The number of hydrogen-bond donors (Lipinski definition) is 0. The molecular weight excluding hydrogens is 244 g/mol. The third-order valence-electron chi connectivity index (χ3n) is 3.21. The number of allylic oxidation sites excluding steroid dienone is 4. The third kappa shape index (κ3) is 6.89. The summed E-state index contributed by atoms with van der Waals surface area (Å²) < 4.78 is 0. The molecule has 106 valence electrons. The lowest BCUT2D eigenvalue weighted by Gasteiger charge is -2.05. The first-order valence-electron chi connectivity index (χ1n) is 7.34. The molecule has 0 aliphatic heterocycles. The largest absolute Gasteiger partial charge is 0.303 e. The highest BCUT2D eigenvalue weighted by Crippen LogP contribution is 2.14. The van der Waals surface area contributed by atoms with Crippen LogP contribution in [0.15, 0.2) is 55.1 Å². The molecule has 1 aromatic carbocycles. The summed E-state index contributed by atoms with van der Waals surface area (Å²) in [6.45, 7) is 3.85. The maximum Gasteiger partial charge on any atom is 0.123 e. The van der Waals surface area contributed by atoms with Crippen LogP contribution in [0, 0.1) is 0 Å². The van der Waals surface area contributed by atoms with E-state index in [0.717, 1.165) is 19.1 Å². The van der Waals surface area contributed by atoms with Gasteiger partial charge in [0, 0.05) is 6.42 Å². The van der Waals surface area contributed by atoms with Crippen LogP contribution in [0.1, 0.15) is 43.2 Å². The topological polar surface area (TPSA) is 17.1 Å². The number of benzene rings is 1. The van der Waals surface area contributed by atoms with E-state index in [1.54, 1.807) is 0 Å². The average molecular weight is 268 g/mol. The van der Waals surface area contributed by atoms with E-state index in [4.69, 9.17) is 0 Å². The summed E-state index contributed by atoms with van der Waals surface area (Å²) in [6.07, 6.45) is 17.3. The van der Waals surface area contributed by atoms with E-state index in [2.05, 4.69) is 36.9 Å². The quantitative estimate of drug-likeness (QED) is 0.326. The number of hydrogen-bond acceptors (Lipinski definition) is 1. The smallest absolute Gasteiger partial charge is 0.123 e. The highest BCUT2D eigenvalue weighted by atomic mass is 16.1. The van der Waals surface area contributed by atoms with Crippen molar-refractivity contribution in [1.82, 2.24) is 0 Å². The van der Waals surface area contributed by atoms with Crippen LogP contribution in [0.2, 0.25) is 0 Å². The second-order valence-corrected chi connectivity index (χ2v) is 4.76. The van der Waals surface area contributed by atoms with Crippen molar-refractivity contribution in [3.8, 4) is 0 Å². The molecule has 0 aliphatic carbocycles. The molecule has 0 spiro atoms. The molecular formula is C19H24O. The predicted molar refractivity (Wildman–Crippen MR) is 87.7 cm³/mol. The van der Waals surface area contributed by atoms with Gasteiger partial charge in [-0.2, -0.15) is 0 Å². The normalized spacial score (nSPS) is 11.2. The first-order chi connectivity index (χ1) is 9.88. The monoisotopic (exact) mass is 268 g/mol. The molecule has 0 saturated heterocycles. The Kier molecular flexibility index (Phi) is 8.88. The highest BCUT2D eigenvalue weighted by Gasteiger charge is 1.97. The van der Waals surface area contributed by atoms with E-state index < -0.39 is 0 Å². The van der Waals surface area contributed by atoms with Crippen LogP contribution in [0.3, 0.4) is 0 Å². The number of carbonyl (C=O) groups excluding carboxylic acids is 1. The van der Waals surface area contributed by atoms with Gasteiger partial charge in [0.1, 0.15) is 6.29 Å². The Morgan fingerprint density at radius 3 is 2.60 bits per heavy atom. The van der Waals surface area contributed by atoms with Crippen molar-refractivity contribution in [2.45, 2.75) is 38.5 Å². The minimum Gasteiger partial charge on any atom is -0.303 e. The summed E-state index contributed by atoms with van der Waals surface area (Å²) in [5.41, 5.74) is 2.66. The van der Waals surface area contributed by atoms with Gasteiger partial charge in [0.2, 0.25) is 0 Å². The Morgan fingerprint density at radius 1 is 1.00 bits per heavy atom. The number of unbranched alkanes of at least 4 members (excludes halogenated alkanes) is 3. The zero-order valence-electron chi connectivity index (χ0n) is 12.1. The maximum atomic E-state index is 10.1. The van der Waals surface area contributed by atoms with E-state index in [1.165, 1.54) is 30.4 Å². The van der Waals surface area contributed by atoms with E-state index in [1.807, 2.05) is 24.3 Å². The molecule has 0 unspecified atom stereocenters. The Hall–Kier alpha value is -1.89. The molecule has 0 fully saturated rings. The van der Waals surface area contributed by atoms with Crippen LogP contribution in [-0.2, 0) is 11.2 Å². The molecule has 1 heteroatoms. The minimum atomic E-state index is 0.507. The van der Waals surface area contributed by atoms with Crippen LogP contribution in [0.25, 0.3) is 6.08 Å². The molecule has 0 saturated carbocycles. The summed E-state index contributed by atoms with van der Waals surface area (Å²) >= 11 is 0. The summed E-state index contributed by atoms with van der Waals surface area (Å²) in [6, 6.07) is 8.46. The molecule has 1 aromatic rings. The number of aldehydes is 1. The van der Waals surface area contributed by atoms with Gasteiger partial charge in [-0.3, -0.25) is 0 Å². The van der Waals surface area contributed by atoms with E-state index >= 15 is 0 Å². The molecule has 1 rings (SSSR count). The molecule has 0 amide bonds. The standard InChI is InChI=1S/C19H24O/c1-2-18-14-11-12-16-19(18)15-10-8-6-4-3-5-7-9-13-17-20/h2-3,5,7,9,11-12,14,16-17H,1,4,6,8,10,13,15H2/b5-3-,9-7-. The van der Waals surface area contributed by atoms with Gasteiger partial charge in [-0.15, -0.1) is 0 Å². The zero-order chi connectivity index (χ0) is 14.5. The van der Waals surface area contributed by atoms with Crippen LogP contribution in [0.4, 0.5) is 0 Å². The van der Waals surface area contributed by atoms with Crippen molar-refractivity contribution in [3.05, 3.63) is 66.3 Å². The summed E-state index contributed by atoms with van der Waals surface area (Å²) in [5, 5.41) is 0. The summed E-state index contributed by atoms with van der Waals surface area (Å²) in [7, 11) is 0. The van der Waals surface area contributed by atoms with Gasteiger partial charge in [-0.05, 0) is 36.8 Å². The van der Waals surface area contributed by atoms with E-state index in [0.29, 0.717) is 6.42 Å². The van der Waals surface area contributed by atoms with Crippen molar-refractivity contribution >= 4 is 12.4 Å². The van der Waals surface area contributed by atoms with Gasteiger partial charge < -0.3 is 4.79 Å². The lowest BCUT2D eigenvalue weighted by Crippen LogP contribution is -1.89. The van der Waals surface area contributed by atoms with Crippen molar-refractivity contribution in [1.29, 1.82) is 0 Å². The average Bonchev–Trinajstić information content (AvgIpc) is 2.49. The van der Waals surface area contributed by atoms with Crippen molar-refractivity contribution in [2.24, 2.45) is 0 Å². The Bertz CT molecular complexity index is 455. The second kappa shape index (κ2) is 11.0. The predicted octanol–water partition coefficient (Wildman–Crippen LogP) is 5.13. The third-order valence-corrected chi connectivity index (χ3v) is 3.21. The van der Waals surface area contributed by atoms with Crippen LogP contribution in [-0.4, -0.2) is 6.29 Å². The van der Waals surface area contributed by atoms with E-state index in [9.17, 15) is 4.79 Å².